The Bertz CT molecular complexity index is 954. The number of hydrogen-bond acceptors (Lipinski definition) is 5. The molecule has 0 saturated carbocycles. The first-order valence-electron chi connectivity index (χ1n) is 7.57. The lowest BCUT2D eigenvalue weighted by Crippen LogP contribution is -2.18. The molecule has 23 heavy (non-hydrogen) atoms. The van der Waals surface area contributed by atoms with Gasteiger partial charge < -0.3 is 5.11 Å². The molecule has 2 heterocycles. The minimum atomic E-state index is -0.107. The van der Waals surface area contributed by atoms with Gasteiger partial charge in [0.05, 0.1) is 11.6 Å². The minimum absolute atomic E-state index is 0.107. The van der Waals surface area contributed by atoms with Crippen molar-refractivity contribution in [2.45, 2.75) is 25.7 Å². The average molecular weight is 325 g/mol. The number of rotatable bonds is 2. The predicted molar refractivity (Wildman–Crippen MR) is 91.6 cm³/mol. The van der Waals surface area contributed by atoms with E-state index in [2.05, 4.69) is 10.1 Å². The van der Waals surface area contributed by atoms with Crippen LogP contribution in [-0.4, -0.2) is 21.0 Å². The summed E-state index contributed by atoms with van der Waals surface area (Å²) in [4.78, 5) is 19.2. The van der Waals surface area contributed by atoms with Crippen molar-refractivity contribution in [3.8, 4) is 5.75 Å². The highest BCUT2D eigenvalue weighted by Gasteiger charge is 2.19. The second kappa shape index (κ2) is 5.62. The molecule has 5 nitrogen and oxygen atoms in total. The molecule has 0 bridgehead atoms. The van der Waals surface area contributed by atoms with Gasteiger partial charge in [0.15, 0.2) is 0 Å². The molecule has 0 radical (unpaired) electrons. The summed E-state index contributed by atoms with van der Waals surface area (Å²) >= 11 is 1.63. The molecule has 116 valence electrons. The van der Waals surface area contributed by atoms with Crippen LogP contribution in [-0.2, 0) is 12.8 Å². The van der Waals surface area contributed by atoms with Crippen molar-refractivity contribution >= 4 is 27.8 Å². The molecule has 0 amide bonds. The number of nitrogens with zero attached hydrogens (tertiary/aromatic N) is 3. The maximum Gasteiger partial charge on any atom is 0.282 e. The Morgan fingerprint density at radius 3 is 2.83 bits per heavy atom. The van der Waals surface area contributed by atoms with Crippen molar-refractivity contribution in [1.82, 2.24) is 9.66 Å². The number of benzene rings is 1. The quantitative estimate of drug-likeness (QED) is 0.737. The summed E-state index contributed by atoms with van der Waals surface area (Å²) in [5, 5.41) is 14.2. The van der Waals surface area contributed by atoms with Crippen LogP contribution in [0.1, 0.15) is 28.8 Å². The molecule has 1 aromatic carbocycles. The SMILES string of the molecule is O=c1c2c3c(sc2ncn1N=Cc1ccc(O)cc1)CCCC3. The molecule has 0 saturated heterocycles. The van der Waals surface area contributed by atoms with E-state index in [1.165, 1.54) is 27.9 Å². The lowest BCUT2D eigenvalue weighted by Gasteiger charge is -2.09. The third-order valence-electron chi connectivity index (χ3n) is 4.08. The highest BCUT2D eigenvalue weighted by atomic mass is 32.1. The van der Waals surface area contributed by atoms with E-state index < -0.39 is 0 Å². The van der Waals surface area contributed by atoms with Gasteiger partial charge >= 0.3 is 0 Å². The van der Waals surface area contributed by atoms with Crippen molar-refractivity contribution in [2.75, 3.05) is 0 Å². The topological polar surface area (TPSA) is 67.5 Å². The van der Waals surface area contributed by atoms with E-state index in [1.807, 2.05) is 0 Å². The van der Waals surface area contributed by atoms with E-state index in [-0.39, 0.29) is 11.3 Å². The molecule has 0 unspecified atom stereocenters. The number of phenols is 1. The standard InChI is InChI=1S/C17H15N3O2S/c21-12-7-5-11(6-8-12)9-19-20-10-18-16-15(17(20)22)13-3-1-2-4-14(13)23-16/h5-10,21H,1-4H2. The van der Waals surface area contributed by atoms with E-state index in [9.17, 15) is 9.90 Å². The van der Waals surface area contributed by atoms with Gasteiger partial charge in [-0.05, 0) is 61.1 Å². The van der Waals surface area contributed by atoms with Crippen molar-refractivity contribution in [2.24, 2.45) is 5.10 Å². The number of phenolic OH excluding ortho intramolecular Hbond substituents is 1. The van der Waals surface area contributed by atoms with E-state index in [0.29, 0.717) is 0 Å². The lowest BCUT2D eigenvalue weighted by molar-refractivity contribution is 0.475. The molecule has 1 aliphatic rings. The van der Waals surface area contributed by atoms with E-state index >= 15 is 0 Å². The van der Waals surface area contributed by atoms with Crippen LogP contribution in [0.3, 0.4) is 0 Å². The third-order valence-corrected chi connectivity index (χ3v) is 5.28. The van der Waals surface area contributed by atoms with Crippen molar-refractivity contribution in [3.63, 3.8) is 0 Å². The average Bonchev–Trinajstić information content (AvgIpc) is 2.95. The Hall–Kier alpha value is -2.47. The number of aryl methyl sites for hydroxylation is 2. The van der Waals surface area contributed by atoms with Crippen LogP contribution >= 0.6 is 11.3 Å². The maximum absolute atomic E-state index is 12.7. The van der Waals surface area contributed by atoms with Gasteiger partial charge in [0, 0.05) is 4.88 Å². The second-order valence-corrected chi connectivity index (χ2v) is 6.71. The molecule has 2 aromatic heterocycles. The molecule has 4 rings (SSSR count). The molecule has 6 heteroatoms. The zero-order valence-electron chi connectivity index (χ0n) is 12.4. The fourth-order valence-electron chi connectivity index (χ4n) is 2.91. The molecular weight excluding hydrogens is 310 g/mol. The fraction of sp³-hybridized carbons (Fsp3) is 0.235. The zero-order chi connectivity index (χ0) is 15.8. The van der Waals surface area contributed by atoms with Crippen LogP contribution in [0.25, 0.3) is 10.2 Å². The number of fused-ring (bicyclic) bond motifs is 3. The lowest BCUT2D eigenvalue weighted by atomic mass is 9.97. The molecular formula is C17H15N3O2S. The largest absolute Gasteiger partial charge is 0.508 e. The molecule has 3 aromatic rings. The predicted octanol–water partition coefficient (Wildman–Crippen LogP) is 2.92. The number of hydrogen-bond donors (Lipinski definition) is 1. The number of thiophene rings is 1. The Balaban J connectivity index is 1.77. The van der Waals surface area contributed by atoms with E-state index in [4.69, 9.17) is 0 Å². The van der Waals surface area contributed by atoms with Crippen molar-refractivity contribution in [3.05, 3.63) is 57.0 Å². The summed E-state index contributed by atoms with van der Waals surface area (Å²) in [6, 6.07) is 6.65. The van der Waals surface area contributed by atoms with E-state index in [1.54, 1.807) is 41.8 Å². The highest BCUT2D eigenvalue weighted by molar-refractivity contribution is 7.18. The van der Waals surface area contributed by atoms with Gasteiger partial charge in [0.2, 0.25) is 0 Å². The second-order valence-electron chi connectivity index (χ2n) is 5.62. The van der Waals surface area contributed by atoms with Crippen LogP contribution in [0, 0.1) is 0 Å². The summed E-state index contributed by atoms with van der Waals surface area (Å²) in [5.41, 5.74) is 1.87. The summed E-state index contributed by atoms with van der Waals surface area (Å²) in [6.07, 6.45) is 7.39. The van der Waals surface area contributed by atoms with Crippen LogP contribution in [0.5, 0.6) is 5.75 Å². The summed E-state index contributed by atoms with van der Waals surface area (Å²) in [7, 11) is 0. The minimum Gasteiger partial charge on any atom is -0.508 e. The third kappa shape index (κ3) is 2.55. The van der Waals surface area contributed by atoms with E-state index in [0.717, 1.165) is 35.0 Å². The monoisotopic (exact) mass is 325 g/mol. The zero-order valence-corrected chi connectivity index (χ0v) is 13.2. The molecule has 0 fully saturated rings. The summed E-state index contributed by atoms with van der Waals surface area (Å²) in [6.45, 7) is 0. The highest BCUT2D eigenvalue weighted by Crippen LogP contribution is 2.33. The normalized spacial score (nSPS) is 14.4. The first-order chi connectivity index (χ1) is 11.2. The number of aromatic hydroxyl groups is 1. The number of aromatic nitrogens is 2. The maximum atomic E-state index is 12.7. The summed E-state index contributed by atoms with van der Waals surface area (Å²) < 4.78 is 1.29. The fourth-order valence-corrected chi connectivity index (χ4v) is 4.13. The van der Waals surface area contributed by atoms with Crippen molar-refractivity contribution < 1.29 is 5.11 Å². The van der Waals surface area contributed by atoms with Crippen LogP contribution in [0.15, 0.2) is 40.5 Å². The Labute approximate surface area is 136 Å². The van der Waals surface area contributed by atoms with Gasteiger partial charge in [-0.15, -0.1) is 11.3 Å². The smallest absolute Gasteiger partial charge is 0.282 e. The molecule has 1 N–H and O–H groups in total. The van der Waals surface area contributed by atoms with Crippen LogP contribution < -0.4 is 5.56 Å². The Morgan fingerprint density at radius 1 is 1.22 bits per heavy atom. The van der Waals surface area contributed by atoms with Gasteiger partial charge in [-0.2, -0.15) is 9.78 Å². The van der Waals surface area contributed by atoms with Gasteiger partial charge in [-0.25, -0.2) is 4.98 Å². The first-order valence-corrected chi connectivity index (χ1v) is 8.39. The van der Waals surface area contributed by atoms with Crippen molar-refractivity contribution in [1.29, 1.82) is 0 Å². The molecule has 0 atom stereocenters. The summed E-state index contributed by atoms with van der Waals surface area (Å²) in [5.74, 6) is 0.201. The Morgan fingerprint density at radius 2 is 2.00 bits per heavy atom. The molecule has 0 aliphatic heterocycles. The van der Waals surface area contributed by atoms with Crippen LogP contribution in [0.2, 0.25) is 0 Å². The van der Waals surface area contributed by atoms with Gasteiger partial charge in [-0.1, -0.05) is 0 Å². The van der Waals surface area contributed by atoms with Gasteiger partial charge in [0.1, 0.15) is 16.9 Å². The molecule has 0 spiro atoms. The first kappa shape index (κ1) is 14.1. The van der Waals surface area contributed by atoms with Gasteiger partial charge in [-0.3, -0.25) is 4.79 Å². The van der Waals surface area contributed by atoms with Crippen LogP contribution in [0.4, 0.5) is 0 Å². The molecule has 1 aliphatic carbocycles. The van der Waals surface area contributed by atoms with Gasteiger partial charge in [0.25, 0.3) is 5.56 Å². The Kier molecular flexibility index (Phi) is 3.46.